The number of nitrogens with one attached hydrogen (secondary N) is 1. The highest BCUT2D eigenvalue weighted by Gasteiger charge is 2.24. The summed E-state index contributed by atoms with van der Waals surface area (Å²) < 4.78 is 3.33. The van der Waals surface area contributed by atoms with Crippen molar-refractivity contribution in [2.45, 2.75) is 59.3 Å². The van der Waals surface area contributed by atoms with E-state index in [0.717, 1.165) is 16.8 Å². The van der Waals surface area contributed by atoms with Crippen molar-refractivity contribution >= 4 is 11.6 Å². The van der Waals surface area contributed by atoms with Gasteiger partial charge in [0.25, 0.3) is 11.5 Å². The van der Waals surface area contributed by atoms with E-state index < -0.39 is 0 Å². The third-order valence-corrected chi connectivity index (χ3v) is 5.72. The molecule has 3 aromatic rings. The van der Waals surface area contributed by atoms with Gasteiger partial charge in [-0.2, -0.15) is 0 Å². The van der Waals surface area contributed by atoms with Crippen LogP contribution in [0.2, 0.25) is 0 Å². The van der Waals surface area contributed by atoms with Crippen LogP contribution in [0, 0.1) is 6.92 Å². The van der Waals surface area contributed by atoms with E-state index in [9.17, 15) is 9.59 Å². The number of anilines is 1. The molecule has 0 fully saturated rings. The van der Waals surface area contributed by atoms with Crippen molar-refractivity contribution in [3.8, 4) is 5.69 Å². The molecule has 2 aromatic carbocycles. The summed E-state index contributed by atoms with van der Waals surface area (Å²) in [5.74, 6) is -0.275. The van der Waals surface area contributed by atoms with Crippen molar-refractivity contribution in [2.75, 3.05) is 5.32 Å². The SMILES string of the molecule is Cc1c(NC(=O)c2cc(C(C)(C)C)cc(C(C)(C)C)c2)c(=O)n(-c2ccccc2)n1C. The molecular weight excluding hydrogens is 386 g/mol. The molecule has 0 aliphatic heterocycles. The zero-order valence-electron chi connectivity index (χ0n) is 19.8. The van der Waals surface area contributed by atoms with E-state index in [4.69, 9.17) is 0 Å². The van der Waals surface area contributed by atoms with Crippen LogP contribution in [0.3, 0.4) is 0 Å². The lowest BCUT2D eigenvalue weighted by Crippen LogP contribution is -2.24. The third kappa shape index (κ3) is 4.50. The zero-order valence-corrected chi connectivity index (χ0v) is 19.8. The maximum absolute atomic E-state index is 13.3. The van der Waals surface area contributed by atoms with E-state index in [1.807, 2.05) is 56.4 Å². The largest absolute Gasteiger partial charge is 0.316 e. The van der Waals surface area contributed by atoms with Gasteiger partial charge in [-0.25, -0.2) is 4.68 Å². The van der Waals surface area contributed by atoms with Gasteiger partial charge >= 0.3 is 0 Å². The van der Waals surface area contributed by atoms with Crippen molar-refractivity contribution in [3.05, 3.63) is 81.3 Å². The molecule has 0 saturated carbocycles. The fourth-order valence-electron chi connectivity index (χ4n) is 3.52. The molecule has 0 spiro atoms. The highest BCUT2D eigenvalue weighted by molar-refractivity contribution is 6.04. The van der Waals surface area contributed by atoms with Crippen LogP contribution in [0.5, 0.6) is 0 Å². The Kier molecular flexibility index (Phi) is 5.74. The van der Waals surface area contributed by atoms with E-state index in [1.165, 1.54) is 0 Å². The molecule has 1 N–H and O–H groups in total. The van der Waals surface area contributed by atoms with Crippen LogP contribution in [0.1, 0.15) is 68.7 Å². The summed E-state index contributed by atoms with van der Waals surface area (Å²) in [5, 5.41) is 2.89. The number of aromatic nitrogens is 2. The number of amides is 1. The first kappa shape index (κ1) is 22.6. The van der Waals surface area contributed by atoms with Gasteiger partial charge < -0.3 is 5.32 Å². The fourth-order valence-corrected chi connectivity index (χ4v) is 3.52. The predicted molar refractivity (Wildman–Crippen MR) is 128 cm³/mol. The molecular formula is C26H33N3O2. The first-order valence-corrected chi connectivity index (χ1v) is 10.6. The van der Waals surface area contributed by atoms with Crippen LogP contribution in [-0.2, 0) is 17.9 Å². The van der Waals surface area contributed by atoms with Gasteiger partial charge in [0.05, 0.1) is 11.4 Å². The molecule has 164 valence electrons. The molecule has 0 aliphatic rings. The summed E-state index contributed by atoms with van der Waals surface area (Å²) in [7, 11) is 1.82. The number of benzene rings is 2. The monoisotopic (exact) mass is 419 g/mol. The number of rotatable bonds is 3. The second kappa shape index (κ2) is 7.88. The minimum Gasteiger partial charge on any atom is -0.316 e. The molecule has 0 radical (unpaired) electrons. The smallest absolute Gasteiger partial charge is 0.295 e. The summed E-state index contributed by atoms with van der Waals surface area (Å²) in [4.78, 5) is 26.4. The van der Waals surface area contributed by atoms with Crippen LogP contribution in [0.4, 0.5) is 5.69 Å². The van der Waals surface area contributed by atoms with Crippen LogP contribution in [0.15, 0.2) is 53.3 Å². The fraction of sp³-hybridized carbons (Fsp3) is 0.385. The van der Waals surface area contributed by atoms with Crippen LogP contribution in [-0.4, -0.2) is 15.3 Å². The molecule has 0 atom stereocenters. The Hall–Kier alpha value is -3.08. The van der Waals surface area contributed by atoms with Crippen molar-refractivity contribution in [1.29, 1.82) is 0 Å². The average Bonchev–Trinajstić information content (AvgIpc) is 2.90. The summed E-state index contributed by atoms with van der Waals surface area (Å²) in [5.41, 5.74) is 4.06. The summed E-state index contributed by atoms with van der Waals surface area (Å²) in [6, 6.07) is 15.4. The molecule has 31 heavy (non-hydrogen) atoms. The molecule has 5 nitrogen and oxygen atoms in total. The summed E-state index contributed by atoms with van der Waals surface area (Å²) in [6.07, 6.45) is 0. The Morgan fingerprint density at radius 1 is 0.871 bits per heavy atom. The van der Waals surface area contributed by atoms with Crippen LogP contribution >= 0.6 is 0 Å². The van der Waals surface area contributed by atoms with Gasteiger partial charge in [-0.1, -0.05) is 65.8 Å². The van der Waals surface area contributed by atoms with Gasteiger partial charge in [0.1, 0.15) is 5.69 Å². The quantitative estimate of drug-likeness (QED) is 0.624. The average molecular weight is 420 g/mol. The van der Waals surface area contributed by atoms with E-state index in [0.29, 0.717) is 16.9 Å². The summed E-state index contributed by atoms with van der Waals surface area (Å²) in [6.45, 7) is 14.6. The predicted octanol–water partition coefficient (Wildman–Crippen LogP) is 5.33. The highest BCUT2D eigenvalue weighted by atomic mass is 16.2. The van der Waals surface area contributed by atoms with E-state index >= 15 is 0 Å². The van der Waals surface area contributed by atoms with E-state index in [1.54, 1.807) is 9.36 Å². The maximum atomic E-state index is 13.3. The highest BCUT2D eigenvalue weighted by Crippen LogP contribution is 2.30. The minimum absolute atomic E-state index is 0.0982. The number of carbonyl (C=O) groups is 1. The normalized spacial score (nSPS) is 12.1. The molecule has 0 unspecified atom stereocenters. The van der Waals surface area contributed by atoms with Crippen molar-refractivity contribution in [2.24, 2.45) is 7.05 Å². The van der Waals surface area contributed by atoms with E-state index in [2.05, 4.69) is 52.9 Å². The van der Waals surface area contributed by atoms with Crippen molar-refractivity contribution in [3.63, 3.8) is 0 Å². The Bertz CT molecular complexity index is 1140. The van der Waals surface area contributed by atoms with Gasteiger partial charge in [0.15, 0.2) is 0 Å². The number of nitrogens with zero attached hydrogens (tertiary/aromatic N) is 2. The molecule has 5 heteroatoms. The van der Waals surface area contributed by atoms with Gasteiger partial charge in [-0.3, -0.25) is 14.3 Å². The molecule has 3 rings (SSSR count). The number of hydrogen-bond acceptors (Lipinski definition) is 2. The second-order valence-electron chi connectivity index (χ2n) is 10.2. The maximum Gasteiger partial charge on any atom is 0.295 e. The number of para-hydroxylation sites is 1. The Morgan fingerprint density at radius 2 is 1.39 bits per heavy atom. The molecule has 0 saturated heterocycles. The van der Waals surface area contributed by atoms with Gasteiger partial charge in [0.2, 0.25) is 0 Å². The summed E-state index contributed by atoms with van der Waals surface area (Å²) >= 11 is 0. The van der Waals surface area contributed by atoms with Crippen molar-refractivity contribution in [1.82, 2.24) is 9.36 Å². The van der Waals surface area contributed by atoms with Gasteiger partial charge in [0, 0.05) is 12.6 Å². The first-order valence-electron chi connectivity index (χ1n) is 10.6. The van der Waals surface area contributed by atoms with Gasteiger partial charge in [-0.05, 0) is 53.1 Å². The lowest BCUT2D eigenvalue weighted by atomic mass is 9.79. The Morgan fingerprint density at radius 3 is 1.87 bits per heavy atom. The molecule has 1 heterocycles. The number of carbonyl (C=O) groups excluding carboxylic acids is 1. The zero-order chi connectivity index (χ0) is 23.1. The van der Waals surface area contributed by atoms with Crippen LogP contribution in [0.25, 0.3) is 5.69 Å². The van der Waals surface area contributed by atoms with Crippen molar-refractivity contribution < 1.29 is 4.79 Å². The molecule has 1 amide bonds. The third-order valence-electron chi connectivity index (χ3n) is 5.72. The van der Waals surface area contributed by atoms with Crippen LogP contribution < -0.4 is 10.9 Å². The molecule has 0 bridgehead atoms. The topological polar surface area (TPSA) is 56.0 Å². The Labute approximate surface area is 184 Å². The molecule has 0 aliphatic carbocycles. The van der Waals surface area contributed by atoms with Gasteiger partial charge in [-0.15, -0.1) is 0 Å². The minimum atomic E-state index is -0.275. The number of hydrogen-bond donors (Lipinski definition) is 1. The second-order valence-corrected chi connectivity index (χ2v) is 10.2. The molecule has 1 aromatic heterocycles. The van der Waals surface area contributed by atoms with E-state index in [-0.39, 0.29) is 22.3 Å². The lowest BCUT2D eigenvalue weighted by Gasteiger charge is -2.26. The standard InChI is InChI=1S/C26H33N3O2/c1-17-22(24(31)29(28(17)8)21-12-10-9-11-13-21)27-23(30)18-14-19(25(2,3)4)16-20(15-18)26(5,6)7/h9-16H,1-8H3,(H,27,30). The first-order chi connectivity index (χ1) is 14.3. The lowest BCUT2D eigenvalue weighted by molar-refractivity contribution is 0.102. The Balaban J connectivity index is 2.06.